The van der Waals surface area contributed by atoms with Crippen LogP contribution in [0.3, 0.4) is 0 Å². The van der Waals surface area contributed by atoms with Gasteiger partial charge in [0.15, 0.2) is 0 Å². The van der Waals surface area contributed by atoms with Gasteiger partial charge in [-0.2, -0.15) is 13.6 Å². The van der Waals surface area contributed by atoms with Crippen molar-refractivity contribution in [1.29, 1.82) is 0 Å². The van der Waals surface area contributed by atoms with Gasteiger partial charge in [0.1, 0.15) is 0 Å². The molecule has 0 radical (unpaired) electrons. The van der Waals surface area contributed by atoms with Gasteiger partial charge < -0.3 is 5.32 Å². The Morgan fingerprint density at radius 1 is 1.67 bits per heavy atom. The van der Waals surface area contributed by atoms with Gasteiger partial charge in [-0.05, 0) is 0 Å². The molecule has 0 fully saturated rings. The summed E-state index contributed by atoms with van der Waals surface area (Å²) >= 11 is 1.47. The first-order valence-electron chi connectivity index (χ1n) is 1.66. The minimum atomic E-state index is 0.944. The Kier molecular flexibility index (Phi) is 28.0. The molecule has 0 aliphatic rings. The second kappa shape index (κ2) is 16.7. The van der Waals surface area contributed by atoms with Crippen molar-refractivity contribution in [1.82, 2.24) is 0 Å². The van der Waals surface area contributed by atoms with Gasteiger partial charge in [0.05, 0.1) is 0 Å². The van der Waals surface area contributed by atoms with Crippen LogP contribution in [0.5, 0.6) is 0 Å². The van der Waals surface area contributed by atoms with Crippen molar-refractivity contribution in [2.24, 2.45) is 0 Å². The van der Waals surface area contributed by atoms with Crippen LogP contribution in [-0.4, -0.2) is 13.6 Å². The number of hydrogen-bond acceptors (Lipinski definition) is 0. The topological polar surface area (TPSA) is 14.1 Å². The predicted octanol–water partition coefficient (Wildman–Crippen LogP) is 1.70. The maximum atomic E-state index is 4.64. The average Bonchev–Trinajstić information content (AvgIpc) is 1.72. The van der Waals surface area contributed by atoms with E-state index in [0.717, 1.165) is 6.54 Å². The van der Waals surface area contributed by atoms with Gasteiger partial charge in [-0.25, -0.2) is 0 Å². The van der Waals surface area contributed by atoms with E-state index in [2.05, 4.69) is 14.6 Å². The third-order valence-electron chi connectivity index (χ3n) is 0.316. The van der Waals surface area contributed by atoms with E-state index in [1.165, 1.54) is 19.4 Å². The number of rotatable bonds is 1. The van der Waals surface area contributed by atoms with Gasteiger partial charge in [-0.15, -0.1) is 0 Å². The second-order valence-electron chi connectivity index (χ2n) is 0.632. The minimum absolute atomic E-state index is 0.944. The van der Waals surface area contributed by atoms with E-state index >= 15 is 0 Å². The van der Waals surface area contributed by atoms with Crippen LogP contribution in [0.1, 0.15) is 6.92 Å². The Balaban J connectivity index is 0. The van der Waals surface area contributed by atoms with Crippen molar-refractivity contribution < 1.29 is 19.4 Å². The first-order valence-corrected chi connectivity index (χ1v) is 3.81. The van der Waals surface area contributed by atoms with Crippen molar-refractivity contribution in [3.63, 3.8) is 0 Å². The van der Waals surface area contributed by atoms with E-state index in [4.69, 9.17) is 0 Å². The molecule has 0 spiro atoms. The molecule has 1 nitrogen and oxygen atoms in total. The van der Waals surface area contributed by atoms with Crippen LogP contribution in [-0.2, 0) is 19.4 Å². The third kappa shape index (κ3) is 20.2. The van der Waals surface area contributed by atoms with E-state index in [1.54, 1.807) is 7.05 Å². The van der Waals surface area contributed by atoms with Crippen LogP contribution in [0, 0.1) is 0 Å². The van der Waals surface area contributed by atoms with Crippen molar-refractivity contribution >= 4 is 9.30 Å². The quantitative estimate of drug-likeness (QED) is 0.494. The van der Waals surface area contributed by atoms with Gasteiger partial charge in [-0.3, -0.25) is 0 Å². The summed E-state index contributed by atoms with van der Waals surface area (Å²) in [6, 6.07) is 0. The molecule has 0 heterocycles. The second-order valence-corrected chi connectivity index (χ2v) is 0.632. The summed E-state index contributed by atoms with van der Waals surface area (Å²) in [4.78, 5) is 0. The molecule has 0 unspecified atom stereocenters. The number of halogens is 1. The van der Waals surface area contributed by atoms with Crippen LogP contribution in [0.25, 0.3) is 5.32 Å². The Morgan fingerprint density at radius 3 is 1.83 bits per heavy atom. The van der Waals surface area contributed by atoms with Crippen LogP contribution in [0.15, 0.2) is 0 Å². The Hall–Kier alpha value is 0.964. The molecule has 3 heteroatoms. The zero-order valence-electron chi connectivity index (χ0n) is 4.03. The first-order chi connectivity index (χ1) is 2.91. The molecule has 6 heavy (non-hydrogen) atoms. The molecule has 0 saturated heterocycles. The van der Waals surface area contributed by atoms with Crippen molar-refractivity contribution in [3.05, 3.63) is 5.32 Å². The molecule has 0 aromatic rings. The van der Waals surface area contributed by atoms with Crippen molar-refractivity contribution in [3.8, 4) is 0 Å². The molecular weight excluding hydrogens is 133 g/mol. The van der Waals surface area contributed by atoms with Crippen LogP contribution < -0.4 is 0 Å². The fourth-order valence-electron chi connectivity index (χ4n) is 0. The third-order valence-corrected chi connectivity index (χ3v) is 0.316. The van der Waals surface area contributed by atoms with Gasteiger partial charge in [0.25, 0.3) is 0 Å². The van der Waals surface area contributed by atoms with Gasteiger partial charge >= 0.3 is 28.7 Å². The molecule has 0 aliphatic carbocycles. The van der Waals surface area contributed by atoms with E-state index < -0.39 is 0 Å². The molecule has 36 valence electrons. The molecule has 0 bridgehead atoms. The Bertz CT molecular complexity index is 12.8. The summed E-state index contributed by atoms with van der Waals surface area (Å²) in [6.45, 7) is 2.96. The normalized spacial score (nSPS) is 5.67. The zero-order chi connectivity index (χ0) is 5.41. The number of hydrogen-bond donors (Lipinski definition) is 0. The summed E-state index contributed by atoms with van der Waals surface area (Å²) in [6.07, 6.45) is 0. The standard InChI is InChI=1S/C3H8N.ClH.Ti/c1-3-4-2;;/h3H2,1-2H3;1H;/q-1;;+2/p-1. The summed E-state index contributed by atoms with van der Waals surface area (Å²) in [5.41, 5.74) is 0. The van der Waals surface area contributed by atoms with Gasteiger partial charge in [0, 0.05) is 0 Å². The van der Waals surface area contributed by atoms with E-state index in [-0.39, 0.29) is 0 Å². The fourth-order valence-corrected chi connectivity index (χ4v) is 0. The van der Waals surface area contributed by atoms with Gasteiger partial charge in [-0.1, -0.05) is 6.92 Å². The van der Waals surface area contributed by atoms with E-state index in [0.29, 0.717) is 0 Å². The SMILES string of the molecule is CC[N-]C.[Cl][Ti+]. The Labute approximate surface area is 54.7 Å². The summed E-state index contributed by atoms with van der Waals surface area (Å²) in [5.74, 6) is 0. The molecule has 0 aromatic heterocycles. The summed E-state index contributed by atoms with van der Waals surface area (Å²) in [7, 11) is 6.44. The first kappa shape index (κ1) is 10.1. The Morgan fingerprint density at radius 2 is 1.83 bits per heavy atom. The van der Waals surface area contributed by atoms with Gasteiger partial charge in [0.2, 0.25) is 0 Å². The molecule has 0 aromatic carbocycles. The van der Waals surface area contributed by atoms with E-state index in [9.17, 15) is 0 Å². The van der Waals surface area contributed by atoms with Crippen molar-refractivity contribution in [2.45, 2.75) is 6.92 Å². The predicted molar refractivity (Wildman–Crippen MR) is 25.7 cm³/mol. The molecule has 0 saturated carbocycles. The average molecular weight is 141 g/mol. The monoisotopic (exact) mass is 141 g/mol. The fraction of sp³-hybridized carbons (Fsp3) is 1.00. The molecular formula is C3H8ClNTi. The van der Waals surface area contributed by atoms with Crippen molar-refractivity contribution in [2.75, 3.05) is 13.6 Å². The molecule has 0 atom stereocenters. The molecule has 0 amide bonds. The summed E-state index contributed by atoms with van der Waals surface area (Å²) in [5, 5.41) is 3.74. The number of nitrogens with zero attached hydrogens (tertiary/aromatic N) is 1. The molecule has 0 aliphatic heterocycles. The van der Waals surface area contributed by atoms with Crippen LogP contribution in [0.4, 0.5) is 0 Å². The van der Waals surface area contributed by atoms with Crippen LogP contribution in [0.2, 0.25) is 0 Å². The molecule has 0 rings (SSSR count). The summed E-state index contributed by atoms with van der Waals surface area (Å²) < 4.78 is 0. The van der Waals surface area contributed by atoms with E-state index in [1.807, 2.05) is 6.92 Å². The maximum absolute atomic E-state index is 4.64. The van der Waals surface area contributed by atoms with Crippen LogP contribution >= 0.6 is 9.30 Å². The zero-order valence-corrected chi connectivity index (χ0v) is 6.35. The molecule has 0 N–H and O–H groups in total.